The minimum Gasteiger partial charge on any atom is -0.494 e. The summed E-state index contributed by atoms with van der Waals surface area (Å²) in [5, 5.41) is 14.8. The highest BCUT2D eigenvalue weighted by Gasteiger charge is 2.14. The van der Waals surface area contributed by atoms with Crippen molar-refractivity contribution in [3.05, 3.63) is 65.9 Å². The fraction of sp³-hybridized carbons (Fsp3) is 0.375. The molecule has 2 N–H and O–H groups in total. The Morgan fingerprint density at radius 3 is 2.67 bits per heavy atom. The Kier molecular flexibility index (Phi) is 7.88. The summed E-state index contributed by atoms with van der Waals surface area (Å²) in [6.07, 6.45) is 1.12. The zero-order valence-electron chi connectivity index (χ0n) is 17.5. The third kappa shape index (κ3) is 6.34. The average Bonchev–Trinajstić information content (AvgIpc) is 3.20. The number of fused-ring (bicyclic) bond motifs is 1. The second kappa shape index (κ2) is 10.8. The van der Waals surface area contributed by atoms with Gasteiger partial charge >= 0.3 is 5.97 Å². The molecule has 0 saturated carbocycles. The van der Waals surface area contributed by atoms with Crippen LogP contribution in [0.5, 0.6) is 5.75 Å². The van der Waals surface area contributed by atoms with E-state index in [0.29, 0.717) is 31.8 Å². The van der Waals surface area contributed by atoms with Gasteiger partial charge in [-0.2, -0.15) is 0 Å². The molecule has 1 heterocycles. The number of hydrogen-bond acceptors (Lipinski definition) is 6. The van der Waals surface area contributed by atoms with Crippen LogP contribution in [0.25, 0.3) is 11.0 Å². The highest BCUT2D eigenvalue weighted by atomic mass is 16.5. The van der Waals surface area contributed by atoms with Gasteiger partial charge in [0.1, 0.15) is 23.2 Å². The summed E-state index contributed by atoms with van der Waals surface area (Å²) in [6.45, 7) is 2.98. The Morgan fingerprint density at radius 2 is 1.93 bits per heavy atom. The van der Waals surface area contributed by atoms with E-state index in [9.17, 15) is 9.90 Å². The van der Waals surface area contributed by atoms with E-state index < -0.39 is 6.10 Å². The number of hydrogen-bond donors (Lipinski definition) is 2. The number of nitrogens with one attached hydrogen (secondary N) is 1. The first kappa shape index (κ1) is 21.9. The van der Waals surface area contributed by atoms with E-state index in [1.165, 1.54) is 12.7 Å². The molecule has 0 bridgehead atoms. The summed E-state index contributed by atoms with van der Waals surface area (Å²) in [5.74, 6) is 1.13. The predicted molar refractivity (Wildman–Crippen MR) is 116 cm³/mol. The molecule has 6 heteroatoms. The molecular weight excluding hydrogens is 382 g/mol. The van der Waals surface area contributed by atoms with Gasteiger partial charge in [-0.25, -0.2) is 0 Å². The van der Waals surface area contributed by atoms with E-state index >= 15 is 0 Å². The SMILES string of the molecule is COC(=O)CCCOc1ccc(CC(C)NCC(O)c2cc3ccccc3o2)cc1. The van der Waals surface area contributed by atoms with Crippen molar-refractivity contribution in [3.8, 4) is 5.75 Å². The van der Waals surface area contributed by atoms with Crippen LogP contribution in [-0.2, 0) is 16.0 Å². The van der Waals surface area contributed by atoms with Crippen LogP contribution in [0.1, 0.15) is 37.2 Å². The predicted octanol–water partition coefficient (Wildman–Crippen LogP) is 4.02. The van der Waals surface area contributed by atoms with Crippen LogP contribution in [0.3, 0.4) is 0 Å². The minimum atomic E-state index is -0.694. The van der Waals surface area contributed by atoms with Gasteiger partial charge in [-0.05, 0) is 49.6 Å². The van der Waals surface area contributed by atoms with Gasteiger partial charge in [0.2, 0.25) is 0 Å². The third-order valence-electron chi connectivity index (χ3n) is 4.92. The van der Waals surface area contributed by atoms with Gasteiger partial charge in [0.25, 0.3) is 0 Å². The summed E-state index contributed by atoms with van der Waals surface area (Å²) in [7, 11) is 1.39. The maximum atomic E-state index is 11.1. The van der Waals surface area contributed by atoms with E-state index in [0.717, 1.165) is 23.1 Å². The van der Waals surface area contributed by atoms with Gasteiger partial charge in [-0.3, -0.25) is 4.79 Å². The number of carbonyl (C=O) groups excluding carboxylic acids is 1. The van der Waals surface area contributed by atoms with Gasteiger partial charge in [-0.15, -0.1) is 0 Å². The smallest absolute Gasteiger partial charge is 0.305 e. The van der Waals surface area contributed by atoms with Crippen molar-refractivity contribution in [1.29, 1.82) is 0 Å². The van der Waals surface area contributed by atoms with Gasteiger partial charge < -0.3 is 24.3 Å². The molecule has 2 aromatic carbocycles. The zero-order valence-corrected chi connectivity index (χ0v) is 17.5. The number of ether oxygens (including phenoxy) is 2. The lowest BCUT2D eigenvalue weighted by atomic mass is 10.1. The van der Waals surface area contributed by atoms with Crippen LogP contribution in [0, 0.1) is 0 Å². The van der Waals surface area contributed by atoms with Crippen LogP contribution in [-0.4, -0.2) is 37.4 Å². The van der Waals surface area contributed by atoms with Crippen molar-refractivity contribution in [2.75, 3.05) is 20.3 Å². The maximum Gasteiger partial charge on any atom is 0.305 e. The largest absolute Gasteiger partial charge is 0.494 e. The number of methoxy groups -OCH3 is 1. The second-order valence-electron chi connectivity index (χ2n) is 7.39. The Bertz CT molecular complexity index is 901. The topological polar surface area (TPSA) is 80.9 Å². The van der Waals surface area contributed by atoms with Crippen LogP contribution in [0.2, 0.25) is 0 Å². The van der Waals surface area contributed by atoms with Crippen molar-refractivity contribution < 1.29 is 23.8 Å². The molecule has 30 heavy (non-hydrogen) atoms. The lowest BCUT2D eigenvalue weighted by Gasteiger charge is -2.16. The molecule has 3 aromatic rings. The number of furan rings is 1. The Labute approximate surface area is 176 Å². The average molecular weight is 411 g/mol. The number of carbonyl (C=O) groups is 1. The molecule has 0 aliphatic rings. The molecule has 3 rings (SSSR count). The standard InChI is InChI=1S/C24H29NO5/c1-17(25-16-21(26)23-15-19-6-3-4-7-22(19)30-23)14-18-9-11-20(12-10-18)29-13-5-8-24(27)28-2/h3-4,6-7,9-12,15,17,21,25-26H,5,8,13-14,16H2,1-2H3. The number of benzene rings is 2. The summed E-state index contributed by atoms with van der Waals surface area (Å²) < 4.78 is 16.0. The molecule has 6 nitrogen and oxygen atoms in total. The molecule has 0 aliphatic carbocycles. The van der Waals surface area contributed by atoms with E-state index in [1.807, 2.05) is 54.6 Å². The fourth-order valence-electron chi connectivity index (χ4n) is 3.24. The molecule has 0 saturated heterocycles. The van der Waals surface area contributed by atoms with Crippen molar-refractivity contribution >= 4 is 16.9 Å². The first-order valence-corrected chi connectivity index (χ1v) is 10.2. The molecule has 0 amide bonds. The van der Waals surface area contributed by atoms with Crippen molar-refractivity contribution in [2.45, 2.75) is 38.3 Å². The number of esters is 1. The maximum absolute atomic E-state index is 11.1. The molecule has 1 aromatic heterocycles. The molecule has 0 aliphatic heterocycles. The summed E-state index contributed by atoms with van der Waals surface area (Å²) in [4.78, 5) is 11.1. The monoisotopic (exact) mass is 411 g/mol. The number of rotatable bonds is 11. The lowest BCUT2D eigenvalue weighted by molar-refractivity contribution is -0.140. The molecule has 2 unspecified atom stereocenters. The van der Waals surface area contributed by atoms with Crippen LogP contribution in [0.4, 0.5) is 0 Å². The molecule has 2 atom stereocenters. The fourth-order valence-corrected chi connectivity index (χ4v) is 3.24. The third-order valence-corrected chi connectivity index (χ3v) is 4.92. The van der Waals surface area contributed by atoms with E-state index in [2.05, 4.69) is 17.0 Å². The van der Waals surface area contributed by atoms with E-state index in [4.69, 9.17) is 9.15 Å². The number of aliphatic hydroxyl groups excluding tert-OH is 1. The van der Waals surface area contributed by atoms with Crippen LogP contribution < -0.4 is 10.1 Å². The minimum absolute atomic E-state index is 0.191. The highest BCUT2D eigenvalue weighted by Crippen LogP contribution is 2.23. The Balaban J connectivity index is 1.40. The van der Waals surface area contributed by atoms with E-state index in [-0.39, 0.29) is 12.0 Å². The van der Waals surface area contributed by atoms with Gasteiger partial charge in [-0.1, -0.05) is 30.3 Å². The first-order valence-electron chi connectivity index (χ1n) is 10.2. The van der Waals surface area contributed by atoms with Crippen molar-refractivity contribution in [2.24, 2.45) is 0 Å². The molecule has 0 spiro atoms. The zero-order chi connectivity index (χ0) is 21.3. The first-order chi connectivity index (χ1) is 14.5. The summed E-state index contributed by atoms with van der Waals surface area (Å²) in [5.41, 5.74) is 1.96. The second-order valence-corrected chi connectivity index (χ2v) is 7.39. The summed E-state index contributed by atoms with van der Waals surface area (Å²) >= 11 is 0. The van der Waals surface area contributed by atoms with Crippen LogP contribution >= 0.6 is 0 Å². The van der Waals surface area contributed by atoms with Gasteiger partial charge in [0.15, 0.2) is 0 Å². The molecule has 0 radical (unpaired) electrons. The molecular formula is C24H29NO5. The van der Waals surface area contributed by atoms with E-state index in [1.54, 1.807) is 0 Å². The van der Waals surface area contributed by atoms with Crippen molar-refractivity contribution in [1.82, 2.24) is 5.32 Å². The van der Waals surface area contributed by atoms with Crippen molar-refractivity contribution in [3.63, 3.8) is 0 Å². The van der Waals surface area contributed by atoms with Gasteiger partial charge in [0, 0.05) is 24.4 Å². The Morgan fingerprint density at radius 1 is 1.17 bits per heavy atom. The summed E-state index contributed by atoms with van der Waals surface area (Å²) in [6, 6.07) is 17.7. The number of aliphatic hydroxyl groups is 1. The van der Waals surface area contributed by atoms with Gasteiger partial charge in [0.05, 0.1) is 13.7 Å². The highest BCUT2D eigenvalue weighted by molar-refractivity contribution is 5.77. The Hall–Kier alpha value is -2.83. The lowest BCUT2D eigenvalue weighted by Crippen LogP contribution is -2.31. The molecule has 0 fully saturated rings. The quantitative estimate of drug-likeness (QED) is 0.366. The molecule has 160 valence electrons. The number of para-hydroxylation sites is 1. The van der Waals surface area contributed by atoms with Crippen LogP contribution in [0.15, 0.2) is 59.0 Å². The normalized spacial score (nSPS) is 13.2.